The maximum atomic E-state index is 11.7. The molecule has 2 N–H and O–H groups in total. The molecule has 4 nitrogen and oxygen atoms in total. The van der Waals surface area contributed by atoms with Crippen LogP contribution in [0.25, 0.3) is 0 Å². The number of nitrogens with one attached hydrogen (secondary N) is 2. The first kappa shape index (κ1) is 15.2. The zero-order valence-corrected chi connectivity index (χ0v) is 11.6. The molecular formula is C15H21N3O. The van der Waals surface area contributed by atoms with Gasteiger partial charge in [0.1, 0.15) is 0 Å². The van der Waals surface area contributed by atoms with Gasteiger partial charge in [0.25, 0.3) is 0 Å². The molecule has 0 aromatic heterocycles. The van der Waals surface area contributed by atoms with Crippen LogP contribution >= 0.6 is 0 Å². The highest BCUT2D eigenvalue weighted by Crippen LogP contribution is 2.03. The minimum atomic E-state index is -0.215. The molecule has 0 heterocycles. The van der Waals surface area contributed by atoms with Gasteiger partial charge >= 0.3 is 0 Å². The Morgan fingerprint density at radius 3 is 2.63 bits per heavy atom. The zero-order chi connectivity index (χ0) is 14.1. The van der Waals surface area contributed by atoms with Gasteiger partial charge in [-0.1, -0.05) is 25.5 Å². The second kappa shape index (κ2) is 8.28. The largest absolute Gasteiger partial charge is 0.355 e. The Morgan fingerprint density at radius 2 is 2.05 bits per heavy atom. The minimum Gasteiger partial charge on any atom is -0.355 e. The van der Waals surface area contributed by atoms with E-state index in [9.17, 15) is 4.79 Å². The average Bonchev–Trinajstić information content (AvgIpc) is 2.45. The highest BCUT2D eigenvalue weighted by molar-refractivity contribution is 5.81. The zero-order valence-electron chi connectivity index (χ0n) is 11.6. The summed E-state index contributed by atoms with van der Waals surface area (Å²) in [5.41, 5.74) is 1.71. The van der Waals surface area contributed by atoms with E-state index in [0.717, 1.165) is 24.9 Å². The van der Waals surface area contributed by atoms with Gasteiger partial charge in [-0.25, -0.2) is 0 Å². The molecule has 0 fully saturated rings. The highest BCUT2D eigenvalue weighted by Gasteiger charge is 2.10. The monoisotopic (exact) mass is 259 g/mol. The van der Waals surface area contributed by atoms with E-state index in [-0.39, 0.29) is 11.9 Å². The first-order valence-corrected chi connectivity index (χ1v) is 6.67. The number of benzene rings is 1. The van der Waals surface area contributed by atoms with Gasteiger partial charge in [0.2, 0.25) is 5.91 Å². The lowest BCUT2D eigenvalue weighted by molar-refractivity contribution is -0.122. The molecule has 0 bridgehead atoms. The van der Waals surface area contributed by atoms with Crippen LogP contribution in [0.15, 0.2) is 24.3 Å². The molecule has 1 aromatic carbocycles. The van der Waals surface area contributed by atoms with E-state index < -0.39 is 0 Å². The molecule has 1 amide bonds. The predicted molar refractivity (Wildman–Crippen MR) is 75.4 cm³/mol. The van der Waals surface area contributed by atoms with Crippen molar-refractivity contribution in [2.75, 3.05) is 6.54 Å². The lowest BCUT2D eigenvalue weighted by Crippen LogP contribution is -2.42. The molecule has 19 heavy (non-hydrogen) atoms. The molecule has 1 aromatic rings. The number of rotatable bonds is 7. The van der Waals surface area contributed by atoms with Crippen molar-refractivity contribution in [3.63, 3.8) is 0 Å². The van der Waals surface area contributed by atoms with Crippen molar-refractivity contribution >= 4 is 5.91 Å². The van der Waals surface area contributed by atoms with E-state index >= 15 is 0 Å². The number of nitrogens with zero attached hydrogens (tertiary/aromatic N) is 1. The normalized spacial score (nSPS) is 11.6. The quantitative estimate of drug-likeness (QED) is 0.736. The lowest BCUT2D eigenvalue weighted by Gasteiger charge is -2.14. The van der Waals surface area contributed by atoms with Crippen LogP contribution < -0.4 is 10.6 Å². The fourth-order valence-corrected chi connectivity index (χ4v) is 1.60. The van der Waals surface area contributed by atoms with Gasteiger partial charge in [0.15, 0.2) is 0 Å². The van der Waals surface area contributed by atoms with Crippen LogP contribution in [0.4, 0.5) is 0 Å². The fraction of sp³-hybridized carbons (Fsp3) is 0.467. The van der Waals surface area contributed by atoms with Crippen LogP contribution in [0.3, 0.4) is 0 Å². The summed E-state index contributed by atoms with van der Waals surface area (Å²) < 4.78 is 0. The summed E-state index contributed by atoms with van der Waals surface area (Å²) in [6, 6.07) is 9.22. The third-order valence-corrected chi connectivity index (χ3v) is 2.92. The third kappa shape index (κ3) is 5.54. The molecule has 0 saturated heterocycles. The molecule has 0 aliphatic heterocycles. The Labute approximate surface area is 114 Å². The van der Waals surface area contributed by atoms with Crippen LogP contribution in [0.1, 0.15) is 37.8 Å². The van der Waals surface area contributed by atoms with Gasteiger partial charge in [-0.3, -0.25) is 4.79 Å². The SMILES string of the molecule is CCCCNC(=O)C(C)NCc1ccc(C#N)cc1. The van der Waals surface area contributed by atoms with Crippen molar-refractivity contribution in [1.82, 2.24) is 10.6 Å². The van der Waals surface area contributed by atoms with Gasteiger partial charge in [0, 0.05) is 13.1 Å². The molecule has 0 spiro atoms. The smallest absolute Gasteiger partial charge is 0.236 e. The predicted octanol–water partition coefficient (Wildman–Crippen LogP) is 1.95. The van der Waals surface area contributed by atoms with Crippen LogP contribution in [0.5, 0.6) is 0 Å². The van der Waals surface area contributed by atoms with Crippen molar-refractivity contribution in [2.45, 2.75) is 39.3 Å². The number of amides is 1. The summed E-state index contributed by atoms with van der Waals surface area (Å²) in [7, 11) is 0. The maximum absolute atomic E-state index is 11.7. The first-order chi connectivity index (χ1) is 9.17. The van der Waals surface area contributed by atoms with E-state index in [4.69, 9.17) is 5.26 Å². The van der Waals surface area contributed by atoms with Crippen LogP contribution in [-0.4, -0.2) is 18.5 Å². The Hall–Kier alpha value is -1.86. The van der Waals surface area contributed by atoms with Crippen molar-refractivity contribution in [3.8, 4) is 6.07 Å². The van der Waals surface area contributed by atoms with Gasteiger partial charge in [-0.2, -0.15) is 5.26 Å². The number of hydrogen-bond acceptors (Lipinski definition) is 3. The summed E-state index contributed by atoms with van der Waals surface area (Å²) in [5, 5.41) is 14.8. The third-order valence-electron chi connectivity index (χ3n) is 2.92. The number of nitriles is 1. The standard InChI is InChI=1S/C15H21N3O/c1-3-4-9-17-15(19)12(2)18-11-14-7-5-13(10-16)6-8-14/h5-8,12,18H,3-4,9,11H2,1-2H3,(H,17,19). The van der Waals surface area contributed by atoms with Crippen LogP contribution in [-0.2, 0) is 11.3 Å². The summed E-state index contributed by atoms with van der Waals surface area (Å²) in [6.07, 6.45) is 2.08. The Bertz CT molecular complexity index is 434. The molecule has 4 heteroatoms. The summed E-state index contributed by atoms with van der Waals surface area (Å²) in [6.45, 7) is 5.30. The van der Waals surface area contributed by atoms with Crippen LogP contribution in [0, 0.1) is 11.3 Å². The molecule has 0 aliphatic carbocycles. The highest BCUT2D eigenvalue weighted by atomic mass is 16.2. The summed E-state index contributed by atoms with van der Waals surface area (Å²) in [4.78, 5) is 11.7. The Balaban J connectivity index is 2.34. The van der Waals surface area contributed by atoms with E-state index in [1.807, 2.05) is 19.1 Å². The van der Waals surface area contributed by atoms with Gasteiger partial charge in [-0.05, 0) is 31.0 Å². The second-order valence-corrected chi connectivity index (χ2v) is 4.56. The van der Waals surface area contributed by atoms with E-state index in [1.165, 1.54) is 0 Å². The van der Waals surface area contributed by atoms with E-state index in [1.54, 1.807) is 12.1 Å². The number of carbonyl (C=O) groups is 1. The molecule has 102 valence electrons. The first-order valence-electron chi connectivity index (χ1n) is 6.67. The van der Waals surface area contributed by atoms with Crippen molar-refractivity contribution < 1.29 is 4.79 Å². The van der Waals surface area contributed by atoms with E-state index in [0.29, 0.717) is 12.1 Å². The van der Waals surface area contributed by atoms with E-state index in [2.05, 4.69) is 23.6 Å². The van der Waals surface area contributed by atoms with Gasteiger partial charge in [0.05, 0.1) is 17.7 Å². The number of hydrogen-bond donors (Lipinski definition) is 2. The van der Waals surface area contributed by atoms with Crippen LogP contribution in [0.2, 0.25) is 0 Å². The summed E-state index contributed by atoms with van der Waals surface area (Å²) >= 11 is 0. The molecule has 0 aliphatic rings. The molecule has 0 saturated carbocycles. The maximum Gasteiger partial charge on any atom is 0.236 e. The van der Waals surface area contributed by atoms with Gasteiger partial charge in [-0.15, -0.1) is 0 Å². The number of unbranched alkanes of at least 4 members (excludes halogenated alkanes) is 1. The minimum absolute atomic E-state index is 0.0297. The number of carbonyl (C=O) groups excluding carboxylic acids is 1. The molecular weight excluding hydrogens is 238 g/mol. The second-order valence-electron chi connectivity index (χ2n) is 4.56. The fourth-order valence-electron chi connectivity index (χ4n) is 1.60. The van der Waals surface area contributed by atoms with Crippen molar-refractivity contribution in [2.24, 2.45) is 0 Å². The molecule has 1 atom stereocenters. The van der Waals surface area contributed by atoms with Crippen molar-refractivity contribution in [3.05, 3.63) is 35.4 Å². The van der Waals surface area contributed by atoms with Gasteiger partial charge < -0.3 is 10.6 Å². The lowest BCUT2D eigenvalue weighted by atomic mass is 10.1. The summed E-state index contributed by atoms with van der Waals surface area (Å²) in [5.74, 6) is 0.0297. The van der Waals surface area contributed by atoms with Crippen molar-refractivity contribution in [1.29, 1.82) is 5.26 Å². The molecule has 1 unspecified atom stereocenters. The average molecular weight is 259 g/mol. The Kier molecular flexibility index (Phi) is 6.62. The molecule has 0 radical (unpaired) electrons. The molecule has 1 rings (SSSR count). The topological polar surface area (TPSA) is 64.9 Å². The Morgan fingerprint density at radius 1 is 1.37 bits per heavy atom.